The average molecular weight is 402 g/mol. The van der Waals surface area contributed by atoms with Crippen LogP contribution in [0.15, 0.2) is 42.5 Å². The number of thiol groups is 1. The van der Waals surface area contributed by atoms with E-state index in [9.17, 15) is 18.3 Å². The van der Waals surface area contributed by atoms with Gasteiger partial charge in [-0.15, -0.1) is 0 Å². The van der Waals surface area contributed by atoms with Crippen LogP contribution in [0.1, 0.15) is 48.3 Å². The van der Waals surface area contributed by atoms with Crippen molar-refractivity contribution in [3.8, 4) is 11.1 Å². The number of aromatic nitrogens is 1. The molecule has 28 heavy (non-hydrogen) atoms. The van der Waals surface area contributed by atoms with Crippen LogP contribution in [0.2, 0.25) is 0 Å². The third-order valence-corrected chi connectivity index (χ3v) is 5.24. The van der Waals surface area contributed by atoms with Crippen LogP contribution >= 0.6 is 0 Å². The van der Waals surface area contributed by atoms with Crippen LogP contribution in [-0.2, 0) is 20.9 Å². The van der Waals surface area contributed by atoms with Gasteiger partial charge in [-0.05, 0) is 29.5 Å². The molecule has 0 radical (unpaired) electrons. The predicted molar refractivity (Wildman–Crippen MR) is 108 cm³/mol. The highest BCUT2D eigenvalue weighted by Crippen LogP contribution is 2.36. The van der Waals surface area contributed by atoms with Gasteiger partial charge in [-0.1, -0.05) is 56.3 Å². The van der Waals surface area contributed by atoms with Gasteiger partial charge in [0.2, 0.25) is 0 Å². The van der Waals surface area contributed by atoms with Crippen molar-refractivity contribution in [2.24, 2.45) is 5.73 Å². The molecule has 4 N–H and O–H groups in total. The summed E-state index contributed by atoms with van der Waals surface area (Å²) in [5, 5.41) is 10.5. The van der Waals surface area contributed by atoms with Crippen LogP contribution in [-0.4, -0.2) is 24.5 Å². The number of carboxylic acid groups (broad SMARTS) is 1. The second kappa shape index (κ2) is 7.38. The van der Waals surface area contributed by atoms with Crippen LogP contribution in [0, 0.1) is 0 Å². The van der Waals surface area contributed by atoms with E-state index in [-0.39, 0.29) is 11.6 Å². The summed E-state index contributed by atoms with van der Waals surface area (Å²) in [7, 11) is -3.11. The molecule has 0 spiro atoms. The first-order valence-electron chi connectivity index (χ1n) is 8.73. The number of carboxylic acids is 1. The van der Waals surface area contributed by atoms with E-state index in [1.807, 2.05) is 32.0 Å². The molecule has 3 rings (SSSR count). The molecule has 1 unspecified atom stereocenters. The maximum atomic E-state index is 11.9. The maximum absolute atomic E-state index is 11.9. The Hall–Kier alpha value is -2.68. The molecule has 1 heterocycles. The number of para-hydroxylation sites is 1. The third kappa shape index (κ3) is 3.66. The van der Waals surface area contributed by atoms with E-state index in [0.717, 1.165) is 16.5 Å². The monoisotopic (exact) mass is 402 g/mol. The Kier molecular flexibility index (Phi) is 5.29. The number of aromatic amines is 1. The summed E-state index contributed by atoms with van der Waals surface area (Å²) in [6, 6.07) is 12.4. The molecule has 8 heteroatoms. The van der Waals surface area contributed by atoms with Crippen molar-refractivity contribution in [2.75, 3.05) is 0 Å². The molecule has 148 valence electrons. The molecular formula is C20H22N2O5S. The second-order valence-electron chi connectivity index (χ2n) is 7.10. The molecule has 0 saturated carbocycles. The zero-order valence-corrected chi connectivity index (χ0v) is 16.6. The first kappa shape index (κ1) is 20.1. The highest BCUT2D eigenvalue weighted by atomic mass is 32.2. The number of aromatic carboxylic acids is 1. The summed E-state index contributed by atoms with van der Waals surface area (Å²) in [4.78, 5) is 14.9. The number of hydrogen-bond donors (Lipinski definition) is 4. The lowest BCUT2D eigenvalue weighted by Crippen LogP contribution is -2.35. The number of H-pyrrole nitrogens is 1. The van der Waals surface area contributed by atoms with Gasteiger partial charge in [-0.3, -0.25) is 5.73 Å². The van der Waals surface area contributed by atoms with Crippen molar-refractivity contribution >= 4 is 27.9 Å². The number of fused-ring (bicyclic) bond motifs is 1. The minimum Gasteiger partial charge on any atom is -0.477 e. The molecule has 0 aliphatic rings. The van der Waals surface area contributed by atoms with Gasteiger partial charge in [0.1, 0.15) is 5.69 Å². The van der Waals surface area contributed by atoms with Crippen molar-refractivity contribution in [1.82, 2.24) is 4.98 Å². The highest BCUT2D eigenvalue weighted by molar-refractivity contribution is 7.67. The van der Waals surface area contributed by atoms with Gasteiger partial charge in [-0.25, -0.2) is 17.4 Å². The third-order valence-electron chi connectivity index (χ3n) is 4.71. The fraction of sp³-hybridized carbons (Fsp3) is 0.250. The molecule has 2 aromatic carbocycles. The smallest absolute Gasteiger partial charge is 0.352 e. The summed E-state index contributed by atoms with van der Waals surface area (Å²) in [5.74, 6) is -0.830. The Labute approximate surface area is 164 Å². The first-order valence-corrected chi connectivity index (χ1v) is 9.82. The predicted octanol–water partition coefficient (Wildman–Crippen LogP) is 3.33. The normalized spacial score (nSPS) is 13.9. The van der Waals surface area contributed by atoms with Gasteiger partial charge < -0.3 is 10.1 Å². The van der Waals surface area contributed by atoms with E-state index in [1.165, 1.54) is 6.92 Å². The molecule has 1 atom stereocenters. The molecule has 3 aromatic rings. The van der Waals surface area contributed by atoms with Gasteiger partial charge in [0.25, 0.3) is 11.0 Å². The van der Waals surface area contributed by atoms with E-state index in [0.29, 0.717) is 16.7 Å². The zero-order chi connectivity index (χ0) is 20.6. The minimum absolute atomic E-state index is 0.102. The van der Waals surface area contributed by atoms with Crippen molar-refractivity contribution in [2.45, 2.75) is 32.4 Å². The number of rotatable bonds is 6. The number of benzene rings is 2. The largest absolute Gasteiger partial charge is 0.477 e. The van der Waals surface area contributed by atoms with Crippen LogP contribution in [0.5, 0.6) is 0 Å². The highest BCUT2D eigenvalue weighted by Gasteiger charge is 2.25. The quantitative estimate of drug-likeness (QED) is 0.370. The number of nitrogens with one attached hydrogen (secondary N) is 1. The van der Waals surface area contributed by atoms with Crippen molar-refractivity contribution < 1.29 is 22.5 Å². The molecule has 0 fully saturated rings. The molecule has 0 aliphatic carbocycles. The fourth-order valence-electron chi connectivity index (χ4n) is 3.36. The number of nitrogens with two attached hydrogens (primary N) is 1. The Bertz CT molecular complexity index is 1100. The lowest BCUT2D eigenvalue weighted by molar-refractivity contribution is 0.0692. The van der Waals surface area contributed by atoms with Crippen LogP contribution in [0.3, 0.4) is 0 Å². The molecule has 7 nitrogen and oxygen atoms in total. The summed E-state index contributed by atoms with van der Waals surface area (Å²) < 4.78 is 26.5. The number of hydrogen-bond acceptors (Lipinski definition) is 5. The maximum Gasteiger partial charge on any atom is 0.352 e. The van der Waals surface area contributed by atoms with Gasteiger partial charge in [-0.2, -0.15) is 0 Å². The van der Waals surface area contributed by atoms with Gasteiger partial charge in [0, 0.05) is 10.9 Å². The topological polar surface area (TPSA) is 122 Å². The van der Waals surface area contributed by atoms with Crippen LogP contribution in [0.4, 0.5) is 0 Å². The molecular weight excluding hydrogens is 380 g/mol. The summed E-state index contributed by atoms with van der Waals surface area (Å²) in [6.07, 6.45) is 0. The van der Waals surface area contributed by atoms with Gasteiger partial charge in [0.05, 0.1) is 5.52 Å². The average Bonchev–Trinajstić information content (AvgIpc) is 3.00. The SMILES string of the molecule is CC(C)c1cccc2c(-c3ccc(C(C)(N)O[SH](=O)=O)cc3)c(C(=O)O)[nH]c12. The van der Waals surface area contributed by atoms with Crippen molar-refractivity contribution in [3.63, 3.8) is 0 Å². The standard InChI is InChI=1S/C20H22N2O5S/c1-11(2)14-5-4-6-15-16(18(19(23)24)22-17(14)15)12-7-9-13(10-8-12)20(3,21)27-28(25)26/h4-11,22,28H,21H2,1-3H3,(H,23,24). The number of carbonyl (C=O) groups is 1. The van der Waals surface area contributed by atoms with E-state index in [4.69, 9.17) is 9.92 Å². The van der Waals surface area contributed by atoms with E-state index < -0.39 is 22.7 Å². The van der Waals surface area contributed by atoms with E-state index in [1.54, 1.807) is 24.3 Å². The Morgan fingerprint density at radius 1 is 1.18 bits per heavy atom. The lowest BCUT2D eigenvalue weighted by Gasteiger charge is -2.21. The first-order chi connectivity index (χ1) is 13.1. The van der Waals surface area contributed by atoms with E-state index >= 15 is 0 Å². The molecule has 0 saturated heterocycles. The van der Waals surface area contributed by atoms with E-state index in [2.05, 4.69) is 4.98 Å². The van der Waals surface area contributed by atoms with Gasteiger partial charge in [0.15, 0.2) is 5.72 Å². The Morgan fingerprint density at radius 2 is 1.82 bits per heavy atom. The second-order valence-corrected chi connectivity index (χ2v) is 7.73. The fourth-order valence-corrected chi connectivity index (χ4v) is 3.77. The molecule has 0 bridgehead atoms. The van der Waals surface area contributed by atoms with Crippen LogP contribution < -0.4 is 5.73 Å². The van der Waals surface area contributed by atoms with Crippen LogP contribution in [0.25, 0.3) is 22.0 Å². The Morgan fingerprint density at radius 3 is 2.36 bits per heavy atom. The summed E-state index contributed by atoms with van der Waals surface area (Å²) in [6.45, 7) is 5.54. The van der Waals surface area contributed by atoms with Crippen molar-refractivity contribution in [3.05, 3.63) is 59.3 Å². The summed E-state index contributed by atoms with van der Waals surface area (Å²) >= 11 is 0. The summed E-state index contributed by atoms with van der Waals surface area (Å²) in [5.41, 5.74) is 8.05. The van der Waals surface area contributed by atoms with Crippen molar-refractivity contribution in [1.29, 1.82) is 0 Å². The molecule has 0 amide bonds. The lowest BCUT2D eigenvalue weighted by atomic mass is 9.95. The molecule has 1 aromatic heterocycles. The minimum atomic E-state index is -3.11. The van der Waals surface area contributed by atoms with Gasteiger partial charge >= 0.3 is 5.97 Å². The Balaban J connectivity index is 2.17. The molecule has 0 aliphatic heterocycles. The zero-order valence-electron chi connectivity index (χ0n) is 15.7.